The Morgan fingerprint density at radius 2 is 0.879 bits per heavy atom. The molecule has 0 saturated heterocycles. The molecule has 45 heteroatoms. The number of pyridine rings is 1. The molecule has 0 amide bonds. The van der Waals surface area contributed by atoms with E-state index in [0.29, 0.717) is 97.6 Å². The van der Waals surface area contributed by atoms with E-state index in [4.69, 9.17) is 16.3 Å². The van der Waals surface area contributed by atoms with Crippen LogP contribution in [-0.4, -0.2) is 117 Å². The van der Waals surface area contributed by atoms with Crippen LogP contribution in [0.5, 0.6) is 0 Å². The molecular formula is C95H74ClF18N25O. The third-order valence-electron chi connectivity index (χ3n) is 21.8. The normalized spacial score (nSPS) is 13.7. The van der Waals surface area contributed by atoms with Gasteiger partial charge < -0.3 is 45.4 Å². The molecular weight excluding hydrogens is 1880 g/mol. The molecule has 140 heavy (non-hydrogen) atoms. The Morgan fingerprint density at radius 3 is 1.41 bits per heavy atom. The number of aryl methyl sites for hydroxylation is 6. The predicted octanol–water partition coefficient (Wildman–Crippen LogP) is 24.6. The summed E-state index contributed by atoms with van der Waals surface area (Å²) in [5.41, 5.74) is 5.36. The zero-order valence-electron chi connectivity index (χ0n) is 73.5. The van der Waals surface area contributed by atoms with Crippen molar-refractivity contribution in [2.24, 2.45) is 0 Å². The number of imidazole rings is 4. The lowest BCUT2D eigenvalue weighted by Crippen LogP contribution is -2.26. The lowest BCUT2D eigenvalue weighted by Gasteiger charge is -2.24. The molecule has 2 aliphatic rings. The van der Waals surface area contributed by atoms with Crippen molar-refractivity contribution in [3.63, 3.8) is 0 Å². The lowest BCUT2D eigenvalue weighted by molar-refractivity contribution is -0.140. The summed E-state index contributed by atoms with van der Waals surface area (Å²) in [5.74, 6) is 3.27. The number of benzene rings is 7. The van der Waals surface area contributed by atoms with Crippen molar-refractivity contribution in [1.82, 2.24) is 98.0 Å². The molecule has 0 spiro atoms. The van der Waals surface area contributed by atoms with Gasteiger partial charge in [-0.2, -0.15) is 65.9 Å². The van der Waals surface area contributed by atoms with E-state index < -0.39 is 82.3 Å². The number of hydrogen-bond acceptors (Lipinski definition) is 21. The molecule has 0 radical (unpaired) electrons. The van der Waals surface area contributed by atoms with Gasteiger partial charge in [-0.25, -0.2) is 63.0 Å². The monoisotopic (exact) mass is 1960 g/mol. The summed E-state index contributed by atoms with van der Waals surface area (Å²) >= 11 is 5.77. The smallest absolute Gasteiger partial charge is 0.380 e. The van der Waals surface area contributed by atoms with Crippen molar-refractivity contribution >= 4 is 102 Å². The molecule has 6 N–H and O–H groups in total. The number of methoxy groups -OCH3 is 1. The van der Waals surface area contributed by atoms with Crippen molar-refractivity contribution in [2.75, 3.05) is 33.7 Å². The van der Waals surface area contributed by atoms with Crippen molar-refractivity contribution in [3.05, 3.63) is 317 Å². The highest BCUT2D eigenvalue weighted by Crippen LogP contribution is 2.42. The van der Waals surface area contributed by atoms with Crippen LogP contribution in [0.4, 0.5) is 137 Å². The SMILES string of the molecule is COC1CCc2nc(C)c(-c3cncc(Nc4ccc(C(F)(F)F)cc4)n3)n2C1.Cc1cc(Nc2cncc(-n3c(C)nc4ccccc43)n2)ccc1C(F)(F)F.Cc1nc2cc(F)c(F)cc2n1-c1cncc(Nc2ccc(Cl)nc2)n1.FC(F)(F)c1ccc(Nc2cncc(-c3cccc4[nH]ccc34)n2)cc1.FC1CCc2nc(C(F)(F)F)c(-c3cncc(Nc4ccc(C(F)(F)F)cc4)n3)n2C1. The van der Waals surface area contributed by atoms with E-state index in [9.17, 15) is 79.0 Å². The Hall–Kier alpha value is -16.0. The number of nitrogens with zero attached hydrogens (tertiary/aromatic N) is 19. The number of halogens is 19. The van der Waals surface area contributed by atoms with Gasteiger partial charge in [0.15, 0.2) is 40.6 Å². The van der Waals surface area contributed by atoms with Gasteiger partial charge in [0, 0.05) is 77.5 Å². The Bertz CT molecular complexity index is 7470. The summed E-state index contributed by atoms with van der Waals surface area (Å²) in [4.78, 5) is 67.2. The fourth-order valence-corrected chi connectivity index (χ4v) is 15.5. The summed E-state index contributed by atoms with van der Waals surface area (Å²) in [6, 6.07) is 38.5. The highest BCUT2D eigenvalue weighted by Gasteiger charge is 2.42. The van der Waals surface area contributed by atoms with Gasteiger partial charge in [-0.15, -0.1) is 0 Å². The summed E-state index contributed by atoms with van der Waals surface area (Å²) in [7, 11) is 1.70. The highest BCUT2D eigenvalue weighted by atomic mass is 35.5. The standard InChI is InChI=1S/C20H20F3N5O.C20H16F3N5.C19H14F7N5.C19H13F3N4.C17H11ClF2N6/c1-12-19(28-11-15(29-2)7-8-18(28)25-12)16-9-24-10-17(27-16)26-14-5-3-13(4-6-14)20(21,22)23;1-12-9-14(7-8-15(12)20(21,22)23)26-18-10-24-11-19(27-18)28-13(2)25-16-5-3-4-6-17(16)28;20-11-3-6-15-30-17(19(24,25)26)16(31(15)9-11)13-7-27-8-14(29-13)28-12-4-1-10(2-5-12)18(21,22)23;20-19(21,22)12-4-6-13(7-5-12)25-18-11-23-10-17(26-18)14-2-1-3-16-15(14)8-9-24-16;1-9-23-13-4-11(19)12(20)5-14(13)26(9)17-8-21-7-16(25-17)24-10-2-3-15(18)22-6-10/h3-6,9-10,15H,7-8,11H2,1-2H3,(H,26,27);3-11H,1-2H3,(H,26,27);1-2,4-5,7-8,11H,3,6,9H2,(H,28,29);1-11,24H,(H,25,26);2-8H,1H3,(H,24,25). The van der Waals surface area contributed by atoms with Gasteiger partial charge in [0.2, 0.25) is 0 Å². The second kappa shape index (κ2) is 40.3. The Balaban J connectivity index is 0.000000126. The van der Waals surface area contributed by atoms with Crippen molar-refractivity contribution < 1.29 is 83.8 Å². The molecule has 0 bridgehead atoms. The topological polar surface area (TPSA) is 298 Å². The number of ether oxygens (including phenoxy) is 1. The fourth-order valence-electron chi connectivity index (χ4n) is 15.4. The van der Waals surface area contributed by atoms with E-state index in [1.807, 2.05) is 73.1 Å². The minimum absolute atomic E-state index is 0.00791. The minimum Gasteiger partial charge on any atom is -0.380 e. The van der Waals surface area contributed by atoms with Crippen LogP contribution in [0.25, 0.3) is 78.6 Å². The van der Waals surface area contributed by atoms with Crippen molar-refractivity contribution in [1.29, 1.82) is 0 Å². The maximum absolute atomic E-state index is 13.9. The number of rotatable bonds is 16. The van der Waals surface area contributed by atoms with E-state index in [2.05, 4.69) is 111 Å². The first-order chi connectivity index (χ1) is 66.7. The van der Waals surface area contributed by atoms with E-state index in [0.717, 1.165) is 141 Å². The van der Waals surface area contributed by atoms with Gasteiger partial charge in [0.25, 0.3) is 0 Å². The molecule has 0 fully saturated rings. The fraction of sp³-hybridized carbons (Fsp3) is 0.189. The number of aromatic nitrogens is 20. The van der Waals surface area contributed by atoms with Gasteiger partial charge in [-0.05, 0) is 173 Å². The molecule has 2 unspecified atom stereocenters. The van der Waals surface area contributed by atoms with Crippen LogP contribution < -0.4 is 26.6 Å². The zero-order chi connectivity index (χ0) is 99.3. The highest BCUT2D eigenvalue weighted by molar-refractivity contribution is 6.29. The number of aromatic amines is 1. The molecule has 0 aliphatic carbocycles. The average molecular weight is 1960 g/mol. The molecule has 11 aromatic heterocycles. The van der Waals surface area contributed by atoms with Crippen LogP contribution in [0.15, 0.2) is 238 Å². The van der Waals surface area contributed by atoms with E-state index in [1.165, 1.54) is 80.5 Å². The number of H-pyrrole nitrogens is 1. The maximum atomic E-state index is 13.9. The van der Waals surface area contributed by atoms with Crippen molar-refractivity contribution in [2.45, 2.75) is 110 Å². The van der Waals surface area contributed by atoms with Gasteiger partial charge in [0.1, 0.15) is 69.2 Å². The second-order valence-electron chi connectivity index (χ2n) is 31.6. The number of fused-ring (bicyclic) bond motifs is 5. The summed E-state index contributed by atoms with van der Waals surface area (Å²) in [6.45, 7) is 7.37. The summed E-state index contributed by atoms with van der Waals surface area (Å²) in [6.07, 6.45) is -3.41. The van der Waals surface area contributed by atoms with Gasteiger partial charge in [0.05, 0.1) is 154 Å². The number of para-hydroxylation sites is 2. The molecule has 18 aromatic rings. The van der Waals surface area contributed by atoms with Crippen LogP contribution in [0.1, 0.15) is 75.3 Å². The van der Waals surface area contributed by atoms with Crippen LogP contribution in [0, 0.1) is 39.3 Å². The summed E-state index contributed by atoms with van der Waals surface area (Å²) in [5, 5.41) is 16.2. The van der Waals surface area contributed by atoms with Gasteiger partial charge in [-0.1, -0.05) is 35.9 Å². The van der Waals surface area contributed by atoms with Crippen molar-refractivity contribution in [3.8, 4) is 45.7 Å². The predicted molar refractivity (Wildman–Crippen MR) is 487 cm³/mol. The third-order valence-corrected chi connectivity index (χ3v) is 22.0. The van der Waals surface area contributed by atoms with E-state index in [1.54, 1.807) is 55.5 Å². The molecule has 7 aromatic carbocycles. The van der Waals surface area contributed by atoms with E-state index in [-0.39, 0.29) is 54.1 Å². The van der Waals surface area contributed by atoms with Gasteiger partial charge in [-0.3, -0.25) is 34.1 Å². The average Bonchev–Trinajstić information content (AvgIpc) is 1.60. The zero-order valence-corrected chi connectivity index (χ0v) is 74.3. The van der Waals surface area contributed by atoms with Crippen LogP contribution in [0.3, 0.4) is 0 Å². The molecule has 2 aliphatic heterocycles. The number of anilines is 10. The molecule has 0 saturated carbocycles. The molecule has 2 atom stereocenters. The van der Waals surface area contributed by atoms with Gasteiger partial charge >= 0.3 is 30.9 Å². The molecule has 20 rings (SSSR count). The van der Waals surface area contributed by atoms with E-state index >= 15 is 0 Å². The number of nitrogens with one attached hydrogen (secondary N) is 6. The van der Waals surface area contributed by atoms with Crippen LogP contribution >= 0.6 is 11.6 Å². The third kappa shape index (κ3) is 22.8. The number of alkyl halides is 16. The number of hydrogen-bond donors (Lipinski definition) is 6. The molecule has 26 nitrogen and oxygen atoms in total. The second-order valence-corrected chi connectivity index (χ2v) is 31.9. The molecule has 718 valence electrons. The first-order valence-electron chi connectivity index (χ1n) is 42.2. The molecule has 13 heterocycles. The first-order valence-corrected chi connectivity index (χ1v) is 42.6. The first kappa shape index (κ1) is 97.1. The lowest BCUT2D eigenvalue weighted by atomic mass is 10.1. The Kier molecular flexibility index (Phi) is 28.0. The quantitative estimate of drug-likeness (QED) is 0.0387. The summed E-state index contributed by atoms with van der Waals surface area (Å²) < 4.78 is 247. The Labute approximate surface area is 786 Å². The van der Waals surface area contributed by atoms with Crippen LogP contribution in [-0.2, 0) is 61.5 Å². The minimum atomic E-state index is -4.79. The Morgan fingerprint density at radius 1 is 0.407 bits per heavy atom. The van der Waals surface area contributed by atoms with Crippen LogP contribution in [0.2, 0.25) is 5.15 Å². The largest absolute Gasteiger partial charge is 0.435 e. The maximum Gasteiger partial charge on any atom is 0.435 e.